The van der Waals surface area contributed by atoms with Gasteiger partial charge in [0.05, 0.1) is 25.3 Å². The molecule has 0 aliphatic rings. The third kappa shape index (κ3) is 2.24. The van der Waals surface area contributed by atoms with E-state index in [0.29, 0.717) is 17.2 Å². The van der Waals surface area contributed by atoms with Gasteiger partial charge in [-0.1, -0.05) is 5.21 Å². The van der Waals surface area contributed by atoms with Crippen LogP contribution in [-0.2, 0) is 20.6 Å². The molecule has 1 N–H and O–H groups in total. The maximum absolute atomic E-state index is 11.3. The average Bonchev–Trinajstić information content (AvgIpc) is 3.11. The lowest BCUT2D eigenvalue weighted by Crippen LogP contribution is -2.09. The highest BCUT2D eigenvalue weighted by molar-refractivity contribution is 5.92. The molecule has 0 bridgehead atoms. The molecule has 0 amide bonds. The summed E-state index contributed by atoms with van der Waals surface area (Å²) in [5, 5.41) is 28.4. The molecule has 11 heteroatoms. The van der Waals surface area contributed by atoms with E-state index in [4.69, 9.17) is 0 Å². The van der Waals surface area contributed by atoms with Gasteiger partial charge in [0, 0.05) is 7.05 Å². The van der Waals surface area contributed by atoms with E-state index in [9.17, 15) is 9.90 Å². The van der Waals surface area contributed by atoms with Crippen LogP contribution in [0.2, 0.25) is 0 Å². The zero-order valence-electron chi connectivity index (χ0n) is 11.2. The van der Waals surface area contributed by atoms with Gasteiger partial charge in [0.15, 0.2) is 11.5 Å². The molecule has 0 saturated heterocycles. The Morgan fingerprint density at radius 1 is 1.29 bits per heavy atom. The number of carboxylic acids is 1. The van der Waals surface area contributed by atoms with Crippen molar-refractivity contribution >= 4 is 5.97 Å². The molecular weight excluding hydrogens is 278 g/mol. The lowest BCUT2D eigenvalue weighted by atomic mass is 10.2. The average molecular weight is 289 g/mol. The van der Waals surface area contributed by atoms with Gasteiger partial charge in [-0.2, -0.15) is 4.80 Å². The molecule has 3 rings (SSSR count). The van der Waals surface area contributed by atoms with Crippen molar-refractivity contribution in [3.63, 3.8) is 0 Å². The zero-order chi connectivity index (χ0) is 15.0. The lowest BCUT2D eigenvalue weighted by molar-refractivity contribution is 0.0691. The van der Waals surface area contributed by atoms with Crippen LogP contribution in [0.25, 0.3) is 11.4 Å². The number of carbonyl (C=O) groups is 1. The van der Waals surface area contributed by atoms with Crippen LogP contribution < -0.4 is 0 Å². The molecule has 0 unspecified atom stereocenters. The molecule has 0 spiro atoms. The third-order valence-electron chi connectivity index (χ3n) is 2.84. The zero-order valence-corrected chi connectivity index (χ0v) is 11.2. The molecule has 3 heterocycles. The number of imidazole rings is 1. The van der Waals surface area contributed by atoms with Crippen molar-refractivity contribution < 1.29 is 9.90 Å². The third-order valence-corrected chi connectivity index (χ3v) is 2.84. The second kappa shape index (κ2) is 4.77. The molecule has 3 aromatic rings. The number of aromatic carboxylic acids is 1. The highest BCUT2D eigenvalue weighted by Gasteiger charge is 2.23. The van der Waals surface area contributed by atoms with Crippen LogP contribution in [0.5, 0.6) is 0 Å². The quantitative estimate of drug-likeness (QED) is 0.644. The van der Waals surface area contributed by atoms with E-state index in [2.05, 4.69) is 30.7 Å². The Morgan fingerprint density at radius 2 is 2.10 bits per heavy atom. The molecule has 0 fully saturated rings. The van der Waals surface area contributed by atoms with Crippen molar-refractivity contribution in [3.8, 4) is 11.4 Å². The Kier molecular flexibility index (Phi) is 2.93. The summed E-state index contributed by atoms with van der Waals surface area (Å²) in [6, 6.07) is 0. The minimum Gasteiger partial charge on any atom is -0.476 e. The van der Waals surface area contributed by atoms with Gasteiger partial charge in [-0.3, -0.25) is 0 Å². The normalized spacial score (nSPS) is 11.0. The summed E-state index contributed by atoms with van der Waals surface area (Å²) in [5.74, 6) is -0.757. The van der Waals surface area contributed by atoms with Gasteiger partial charge in [0.25, 0.3) is 0 Å². The Bertz CT molecular complexity index is 799. The first-order valence-corrected chi connectivity index (χ1v) is 5.92. The van der Waals surface area contributed by atoms with Crippen molar-refractivity contribution in [2.45, 2.75) is 6.54 Å². The van der Waals surface area contributed by atoms with Gasteiger partial charge in [0.2, 0.25) is 0 Å². The first kappa shape index (κ1) is 12.9. The highest BCUT2D eigenvalue weighted by atomic mass is 16.4. The van der Waals surface area contributed by atoms with Crippen LogP contribution in [-0.4, -0.2) is 55.8 Å². The number of hydrogen-bond acceptors (Lipinski definition) is 7. The smallest absolute Gasteiger partial charge is 0.358 e. The SMILES string of the molecule is Cn1nnc(Cn2nnc(C(=O)O)c2-c2cncn2C)n1. The molecular formula is C10H11N9O2. The summed E-state index contributed by atoms with van der Waals surface area (Å²) in [6.07, 6.45) is 3.12. The van der Waals surface area contributed by atoms with Crippen LogP contribution in [0.1, 0.15) is 16.3 Å². The molecule has 108 valence electrons. The van der Waals surface area contributed by atoms with Crippen molar-refractivity contribution in [2.75, 3.05) is 0 Å². The summed E-state index contributed by atoms with van der Waals surface area (Å²) >= 11 is 0. The second-order valence-electron chi connectivity index (χ2n) is 4.33. The van der Waals surface area contributed by atoms with Crippen LogP contribution in [0.15, 0.2) is 12.5 Å². The van der Waals surface area contributed by atoms with Crippen molar-refractivity contribution in [1.29, 1.82) is 0 Å². The fourth-order valence-electron chi connectivity index (χ4n) is 1.93. The Hall–Kier alpha value is -3.11. The fraction of sp³-hybridized carbons (Fsp3) is 0.300. The molecule has 11 nitrogen and oxygen atoms in total. The van der Waals surface area contributed by atoms with E-state index in [1.54, 1.807) is 31.2 Å². The van der Waals surface area contributed by atoms with E-state index in [1.807, 2.05) is 0 Å². The van der Waals surface area contributed by atoms with Gasteiger partial charge in [0.1, 0.15) is 12.2 Å². The molecule has 0 radical (unpaired) electrons. The molecule has 3 aromatic heterocycles. The van der Waals surface area contributed by atoms with E-state index in [-0.39, 0.29) is 12.2 Å². The van der Waals surface area contributed by atoms with Gasteiger partial charge in [-0.05, 0) is 5.21 Å². The maximum atomic E-state index is 11.3. The maximum Gasteiger partial charge on any atom is 0.358 e. The Morgan fingerprint density at radius 3 is 2.67 bits per heavy atom. The Labute approximate surface area is 117 Å². The number of hydrogen-bond donors (Lipinski definition) is 1. The summed E-state index contributed by atoms with van der Waals surface area (Å²) in [5.41, 5.74) is 0.777. The number of rotatable bonds is 4. The van der Waals surface area contributed by atoms with Crippen LogP contribution >= 0.6 is 0 Å². The predicted molar refractivity (Wildman–Crippen MR) is 67.1 cm³/mol. The van der Waals surface area contributed by atoms with E-state index in [1.165, 1.54) is 9.48 Å². The molecule has 0 aliphatic heterocycles. The highest BCUT2D eigenvalue weighted by Crippen LogP contribution is 2.21. The standard InChI is InChI=1S/C10H11N9O2/c1-17-5-11-3-6(17)9-8(10(20)21)13-16-19(9)4-7-12-15-18(2)14-7/h3,5H,4H2,1-2H3,(H,20,21). The first-order valence-electron chi connectivity index (χ1n) is 5.92. The Balaban J connectivity index is 2.09. The molecule has 0 aliphatic carbocycles. The first-order chi connectivity index (χ1) is 10.1. The molecule has 0 aromatic carbocycles. The summed E-state index contributed by atoms with van der Waals surface area (Å²) in [4.78, 5) is 16.6. The van der Waals surface area contributed by atoms with Crippen LogP contribution in [0.3, 0.4) is 0 Å². The number of aryl methyl sites for hydroxylation is 2. The summed E-state index contributed by atoms with van der Waals surface area (Å²) in [6.45, 7) is 0.161. The summed E-state index contributed by atoms with van der Waals surface area (Å²) < 4.78 is 3.10. The topological polar surface area (TPSA) is 129 Å². The van der Waals surface area contributed by atoms with Gasteiger partial charge >= 0.3 is 5.97 Å². The van der Waals surface area contributed by atoms with Gasteiger partial charge < -0.3 is 9.67 Å². The predicted octanol–water partition coefficient (Wildman–Crippen LogP) is -1.05. The van der Waals surface area contributed by atoms with Crippen LogP contribution in [0, 0.1) is 0 Å². The molecule has 21 heavy (non-hydrogen) atoms. The molecule has 0 saturated carbocycles. The van der Waals surface area contributed by atoms with Crippen molar-refractivity contribution in [2.24, 2.45) is 14.1 Å². The minimum atomic E-state index is -1.16. The lowest BCUT2D eigenvalue weighted by Gasteiger charge is -2.05. The number of nitrogens with zero attached hydrogens (tertiary/aromatic N) is 9. The minimum absolute atomic E-state index is 0.150. The monoisotopic (exact) mass is 289 g/mol. The summed E-state index contributed by atoms with van der Waals surface area (Å²) in [7, 11) is 3.40. The van der Waals surface area contributed by atoms with Gasteiger partial charge in [-0.15, -0.1) is 15.3 Å². The van der Waals surface area contributed by atoms with Crippen molar-refractivity contribution in [3.05, 3.63) is 24.0 Å². The van der Waals surface area contributed by atoms with E-state index >= 15 is 0 Å². The van der Waals surface area contributed by atoms with Crippen molar-refractivity contribution in [1.82, 2.24) is 44.8 Å². The van der Waals surface area contributed by atoms with E-state index < -0.39 is 5.97 Å². The fourth-order valence-corrected chi connectivity index (χ4v) is 1.93. The molecule has 0 atom stereocenters. The van der Waals surface area contributed by atoms with Gasteiger partial charge in [-0.25, -0.2) is 14.5 Å². The largest absolute Gasteiger partial charge is 0.476 e. The number of tetrazole rings is 1. The second-order valence-corrected chi connectivity index (χ2v) is 4.33. The van der Waals surface area contributed by atoms with Crippen LogP contribution in [0.4, 0.5) is 0 Å². The number of aromatic nitrogens is 9. The number of carboxylic acid groups (broad SMARTS) is 1. The van der Waals surface area contributed by atoms with E-state index in [0.717, 1.165) is 0 Å².